The molecule has 0 saturated heterocycles. The van der Waals surface area contributed by atoms with Crippen LogP contribution in [0.15, 0.2) is 78.4 Å². The van der Waals surface area contributed by atoms with Crippen molar-refractivity contribution in [2.75, 3.05) is 0 Å². The first kappa shape index (κ1) is 12.4. The predicted molar refractivity (Wildman–Crippen MR) is 79.4 cm³/mol. The van der Waals surface area contributed by atoms with Gasteiger partial charge in [0.2, 0.25) is 0 Å². The molecule has 18 heavy (non-hydrogen) atoms. The van der Waals surface area contributed by atoms with Crippen LogP contribution in [0.3, 0.4) is 0 Å². The zero-order valence-electron chi connectivity index (χ0n) is 10.9. The number of benzene rings is 2. The minimum absolute atomic E-state index is 1.25. The molecule has 2 aromatic rings. The van der Waals surface area contributed by atoms with Gasteiger partial charge in [0.05, 0.1) is 0 Å². The van der Waals surface area contributed by atoms with Crippen LogP contribution in [-0.4, -0.2) is 0 Å². The molecule has 0 fully saturated rings. The third-order valence-electron chi connectivity index (χ3n) is 2.75. The molecular weight excluding hydrogens is 216 g/mol. The van der Waals surface area contributed by atoms with E-state index in [9.17, 15) is 0 Å². The van der Waals surface area contributed by atoms with Crippen LogP contribution < -0.4 is 0 Å². The molecule has 0 bridgehead atoms. The SMILES string of the molecule is CC(C)=CC=C(c1ccccc1)c1ccccc1. The highest BCUT2D eigenvalue weighted by Gasteiger charge is 2.02. The number of hydrogen-bond acceptors (Lipinski definition) is 0. The second-order valence-electron chi connectivity index (χ2n) is 4.56. The molecule has 0 nitrogen and oxygen atoms in total. The van der Waals surface area contributed by atoms with E-state index in [0.717, 1.165) is 0 Å². The Kier molecular flexibility index (Phi) is 4.14. The lowest BCUT2D eigenvalue weighted by Gasteiger charge is -2.07. The van der Waals surface area contributed by atoms with Gasteiger partial charge in [-0.05, 0) is 30.5 Å². The van der Waals surface area contributed by atoms with Crippen molar-refractivity contribution in [2.45, 2.75) is 13.8 Å². The number of hydrogen-bond donors (Lipinski definition) is 0. The molecular formula is C18H18. The smallest absolute Gasteiger partial charge is 0.0111 e. The summed E-state index contributed by atoms with van der Waals surface area (Å²) in [5.41, 5.74) is 5.07. The lowest BCUT2D eigenvalue weighted by atomic mass is 9.97. The van der Waals surface area contributed by atoms with E-state index < -0.39 is 0 Å². The molecule has 2 aromatic carbocycles. The Morgan fingerprint density at radius 2 is 1.11 bits per heavy atom. The van der Waals surface area contributed by atoms with E-state index in [1.807, 2.05) is 12.1 Å². The highest BCUT2D eigenvalue weighted by atomic mass is 14.1. The van der Waals surface area contributed by atoms with Crippen molar-refractivity contribution in [3.8, 4) is 0 Å². The molecule has 0 spiro atoms. The van der Waals surface area contributed by atoms with Crippen LogP contribution in [0.5, 0.6) is 0 Å². The van der Waals surface area contributed by atoms with Gasteiger partial charge in [0, 0.05) is 0 Å². The summed E-state index contributed by atoms with van der Waals surface area (Å²) in [6.45, 7) is 4.23. The van der Waals surface area contributed by atoms with Gasteiger partial charge < -0.3 is 0 Å². The van der Waals surface area contributed by atoms with E-state index in [0.29, 0.717) is 0 Å². The first-order valence-electron chi connectivity index (χ1n) is 6.23. The van der Waals surface area contributed by atoms with Crippen molar-refractivity contribution < 1.29 is 0 Å². The normalized spacial score (nSPS) is 9.67. The standard InChI is InChI=1S/C18H18/c1-15(2)13-14-18(16-9-5-3-6-10-16)17-11-7-4-8-12-17/h3-14H,1-2H3. The van der Waals surface area contributed by atoms with Gasteiger partial charge in [-0.3, -0.25) is 0 Å². The van der Waals surface area contributed by atoms with Gasteiger partial charge in [-0.25, -0.2) is 0 Å². The summed E-state index contributed by atoms with van der Waals surface area (Å²) in [5, 5.41) is 0. The average Bonchev–Trinajstić information content (AvgIpc) is 2.41. The van der Waals surface area contributed by atoms with Crippen molar-refractivity contribution in [3.05, 3.63) is 89.5 Å². The summed E-state index contributed by atoms with van der Waals surface area (Å²) >= 11 is 0. The molecule has 90 valence electrons. The topological polar surface area (TPSA) is 0 Å². The third-order valence-corrected chi connectivity index (χ3v) is 2.75. The highest BCUT2D eigenvalue weighted by Crippen LogP contribution is 2.23. The van der Waals surface area contributed by atoms with Gasteiger partial charge in [0.1, 0.15) is 0 Å². The van der Waals surface area contributed by atoms with E-state index in [4.69, 9.17) is 0 Å². The molecule has 0 N–H and O–H groups in total. The van der Waals surface area contributed by atoms with E-state index in [2.05, 4.69) is 74.5 Å². The second-order valence-corrected chi connectivity index (χ2v) is 4.56. The first-order valence-corrected chi connectivity index (χ1v) is 6.23. The largest absolute Gasteiger partial charge is 0.0764 e. The summed E-state index contributed by atoms with van der Waals surface area (Å²) in [4.78, 5) is 0. The number of rotatable bonds is 3. The van der Waals surface area contributed by atoms with E-state index >= 15 is 0 Å². The summed E-state index contributed by atoms with van der Waals surface area (Å²) in [5.74, 6) is 0. The van der Waals surface area contributed by atoms with Crippen LogP contribution >= 0.6 is 0 Å². The molecule has 2 rings (SSSR count). The molecule has 0 heteroatoms. The maximum atomic E-state index is 2.19. The van der Waals surface area contributed by atoms with Gasteiger partial charge in [-0.15, -0.1) is 0 Å². The molecule has 0 aliphatic rings. The fourth-order valence-electron chi connectivity index (χ4n) is 1.84. The van der Waals surface area contributed by atoms with Crippen LogP contribution in [0, 0.1) is 0 Å². The second kappa shape index (κ2) is 6.02. The van der Waals surface area contributed by atoms with Crippen LogP contribution in [0.1, 0.15) is 25.0 Å². The zero-order chi connectivity index (χ0) is 12.8. The maximum Gasteiger partial charge on any atom is -0.0111 e. The zero-order valence-corrected chi connectivity index (χ0v) is 10.9. The van der Waals surface area contributed by atoms with E-state index in [-0.39, 0.29) is 0 Å². The molecule has 0 aliphatic carbocycles. The van der Waals surface area contributed by atoms with Gasteiger partial charge in [0.15, 0.2) is 0 Å². The molecule has 0 aromatic heterocycles. The Labute approximate surface area is 109 Å². The van der Waals surface area contributed by atoms with Crippen molar-refractivity contribution in [2.24, 2.45) is 0 Å². The Hall–Kier alpha value is -2.08. The Morgan fingerprint density at radius 3 is 1.50 bits per heavy atom. The average molecular weight is 234 g/mol. The minimum atomic E-state index is 1.25. The summed E-state index contributed by atoms with van der Waals surface area (Å²) < 4.78 is 0. The molecule has 0 saturated carbocycles. The van der Waals surface area contributed by atoms with Gasteiger partial charge >= 0.3 is 0 Å². The fourth-order valence-corrected chi connectivity index (χ4v) is 1.84. The Balaban J connectivity index is 2.49. The molecule has 0 radical (unpaired) electrons. The van der Waals surface area contributed by atoms with Crippen molar-refractivity contribution in [3.63, 3.8) is 0 Å². The van der Waals surface area contributed by atoms with E-state index in [1.54, 1.807) is 0 Å². The predicted octanol–water partition coefficient (Wildman–Crippen LogP) is 5.08. The quantitative estimate of drug-likeness (QED) is 0.649. The van der Waals surface area contributed by atoms with Crippen molar-refractivity contribution in [1.29, 1.82) is 0 Å². The van der Waals surface area contributed by atoms with E-state index in [1.165, 1.54) is 22.3 Å². The van der Waals surface area contributed by atoms with Gasteiger partial charge in [-0.2, -0.15) is 0 Å². The molecule has 0 amide bonds. The third kappa shape index (κ3) is 3.21. The maximum absolute atomic E-state index is 2.19. The molecule has 0 atom stereocenters. The van der Waals surface area contributed by atoms with Gasteiger partial charge in [0.25, 0.3) is 0 Å². The van der Waals surface area contributed by atoms with Crippen LogP contribution in [-0.2, 0) is 0 Å². The Bertz CT molecular complexity index is 500. The molecule has 0 aliphatic heterocycles. The number of allylic oxidation sites excluding steroid dienone is 3. The molecule has 0 unspecified atom stereocenters. The van der Waals surface area contributed by atoms with Crippen LogP contribution in [0.4, 0.5) is 0 Å². The summed E-state index contributed by atoms with van der Waals surface area (Å²) in [6, 6.07) is 21.0. The molecule has 0 heterocycles. The van der Waals surface area contributed by atoms with Gasteiger partial charge in [-0.1, -0.05) is 78.4 Å². The monoisotopic (exact) mass is 234 g/mol. The highest BCUT2D eigenvalue weighted by molar-refractivity contribution is 5.80. The minimum Gasteiger partial charge on any atom is -0.0764 e. The van der Waals surface area contributed by atoms with Crippen LogP contribution in [0.2, 0.25) is 0 Å². The Morgan fingerprint density at radius 1 is 0.667 bits per heavy atom. The van der Waals surface area contributed by atoms with Crippen molar-refractivity contribution in [1.82, 2.24) is 0 Å². The first-order chi connectivity index (χ1) is 8.77. The summed E-state index contributed by atoms with van der Waals surface area (Å²) in [6.07, 6.45) is 4.36. The lowest BCUT2D eigenvalue weighted by Crippen LogP contribution is -1.86. The lowest BCUT2D eigenvalue weighted by molar-refractivity contribution is 1.39. The van der Waals surface area contributed by atoms with Crippen LogP contribution in [0.25, 0.3) is 5.57 Å². The fraction of sp³-hybridized carbons (Fsp3) is 0.111. The summed E-state index contributed by atoms with van der Waals surface area (Å²) in [7, 11) is 0. The van der Waals surface area contributed by atoms with Crippen molar-refractivity contribution >= 4 is 5.57 Å².